The quantitative estimate of drug-likeness (QED) is 0.871. The predicted octanol–water partition coefficient (Wildman–Crippen LogP) is 3.36. The number of carboxylic acid groups (broad SMARTS) is 1. The molecule has 0 bridgehead atoms. The predicted molar refractivity (Wildman–Crippen MR) is 72.2 cm³/mol. The first-order valence-electron chi connectivity index (χ1n) is 6.11. The molecule has 0 radical (unpaired) electrons. The second-order valence-electron chi connectivity index (χ2n) is 5.67. The van der Waals surface area contributed by atoms with E-state index in [9.17, 15) is 4.79 Å². The van der Waals surface area contributed by atoms with Crippen LogP contribution in [0.1, 0.15) is 37.0 Å². The zero-order chi connectivity index (χ0) is 13.9. The van der Waals surface area contributed by atoms with Crippen LogP contribution in [0.3, 0.4) is 0 Å². The molecule has 18 heavy (non-hydrogen) atoms. The van der Waals surface area contributed by atoms with Gasteiger partial charge in [0.25, 0.3) is 0 Å². The Morgan fingerprint density at radius 1 is 1.33 bits per heavy atom. The van der Waals surface area contributed by atoms with Gasteiger partial charge in [0.05, 0.1) is 13.5 Å². The highest BCUT2D eigenvalue weighted by atomic mass is 16.5. The van der Waals surface area contributed by atoms with E-state index in [4.69, 9.17) is 9.84 Å². The molecule has 0 aliphatic heterocycles. The van der Waals surface area contributed by atoms with Crippen LogP contribution in [0.2, 0.25) is 0 Å². The number of aliphatic carboxylic acids is 1. The van der Waals surface area contributed by atoms with E-state index < -0.39 is 5.97 Å². The Bertz CT molecular complexity index is 447. The molecule has 0 amide bonds. The second kappa shape index (κ2) is 5.42. The van der Waals surface area contributed by atoms with Crippen molar-refractivity contribution in [2.75, 3.05) is 7.11 Å². The van der Waals surface area contributed by atoms with Crippen LogP contribution in [0.4, 0.5) is 0 Å². The SMILES string of the molecule is COc1cc(C)cc(C)c1CC(C)(C)CC(=O)O. The molecule has 0 spiro atoms. The van der Waals surface area contributed by atoms with Gasteiger partial charge in [0.1, 0.15) is 5.75 Å². The third kappa shape index (κ3) is 3.76. The minimum Gasteiger partial charge on any atom is -0.496 e. The molecule has 3 heteroatoms. The maximum Gasteiger partial charge on any atom is 0.303 e. The molecule has 1 aromatic rings. The zero-order valence-electron chi connectivity index (χ0n) is 11.8. The van der Waals surface area contributed by atoms with Gasteiger partial charge in [-0.05, 0) is 48.4 Å². The molecule has 0 saturated heterocycles. The average Bonchev–Trinajstić information content (AvgIpc) is 2.19. The molecule has 3 nitrogen and oxygen atoms in total. The molecule has 0 atom stereocenters. The highest BCUT2D eigenvalue weighted by Crippen LogP contribution is 2.33. The van der Waals surface area contributed by atoms with Gasteiger partial charge in [0, 0.05) is 0 Å². The molecule has 1 N–H and O–H groups in total. The van der Waals surface area contributed by atoms with E-state index in [0.717, 1.165) is 22.4 Å². The maximum absolute atomic E-state index is 10.9. The average molecular weight is 250 g/mol. The lowest BCUT2D eigenvalue weighted by atomic mass is 9.81. The van der Waals surface area contributed by atoms with Gasteiger partial charge in [-0.25, -0.2) is 0 Å². The summed E-state index contributed by atoms with van der Waals surface area (Å²) in [7, 11) is 1.65. The Morgan fingerprint density at radius 3 is 2.44 bits per heavy atom. The number of carboxylic acids is 1. The number of carbonyl (C=O) groups is 1. The van der Waals surface area contributed by atoms with Gasteiger partial charge in [-0.2, -0.15) is 0 Å². The highest BCUT2D eigenvalue weighted by molar-refractivity contribution is 5.67. The molecular formula is C15H22O3. The molecule has 0 heterocycles. The fourth-order valence-corrected chi connectivity index (χ4v) is 2.32. The van der Waals surface area contributed by atoms with Crippen molar-refractivity contribution >= 4 is 5.97 Å². The summed E-state index contributed by atoms with van der Waals surface area (Å²) >= 11 is 0. The van der Waals surface area contributed by atoms with Crippen molar-refractivity contribution in [2.24, 2.45) is 5.41 Å². The van der Waals surface area contributed by atoms with Gasteiger partial charge in [-0.3, -0.25) is 4.79 Å². The Kier molecular flexibility index (Phi) is 4.38. The Hall–Kier alpha value is -1.51. The van der Waals surface area contributed by atoms with E-state index in [-0.39, 0.29) is 11.8 Å². The lowest BCUT2D eigenvalue weighted by Crippen LogP contribution is -2.20. The smallest absolute Gasteiger partial charge is 0.303 e. The van der Waals surface area contributed by atoms with Crippen molar-refractivity contribution in [3.8, 4) is 5.75 Å². The molecule has 0 aliphatic rings. The van der Waals surface area contributed by atoms with Crippen molar-refractivity contribution in [1.29, 1.82) is 0 Å². The fraction of sp³-hybridized carbons (Fsp3) is 0.533. The number of aryl methyl sites for hydroxylation is 2. The molecule has 0 aliphatic carbocycles. The molecule has 1 rings (SSSR count). The first-order valence-corrected chi connectivity index (χ1v) is 6.11. The standard InChI is InChI=1S/C15H22O3/c1-10-6-11(2)12(13(7-10)18-5)8-15(3,4)9-14(16)17/h6-7H,8-9H2,1-5H3,(H,16,17). The summed E-state index contributed by atoms with van der Waals surface area (Å²) in [6, 6.07) is 4.11. The molecular weight excluding hydrogens is 228 g/mol. The third-order valence-corrected chi connectivity index (χ3v) is 3.08. The monoisotopic (exact) mass is 250 g/mol. The van der Waals surface area contributed by atoms with E-state index >= 15 is 0 Å². The summed E-state index contributed by atoms with van der Waals surface area (Å²) in [5, 5.41) is 8.94. The van der Waals surface area contributed by atoms with Crippen LogP contribution >= 0.6 is 0 Å². The van der Waals surface area contributed by atoms with E-state index in [0.29, 0.717) is 6.42 Å². The fourth-order valence-electron chi connectivity index (χ4n) is 2.32. The van der Waals surface area contributed by atoms with Gasteiger partial charge < -0.3 is 9.84 Å². The van der Waals surface area contributed by atoms with Crippen LogP contribution in [-0.4, -0.2) is 18.2 Å². The van der Waals surface area contributed by atoms with E-state index in [1.165, 1.54) is 0 Å². The Balaban J connectivity index is 3.06. The summed E-state index contributed by atoms with van der Waals surface area (Å²) in [5.74, 6) is 0.0923. The second-order valence-corrected chi connectivity index (χ2v) is 5.67. The van der Waals surface area contributed by atoms with Crippen LogP contribution in [-0.2, 0) is 11.2 Å². The van der Waals surface area contributed by atoms with Crippen molar-refractivity contribution in [3.05, 3.63) is 28.8 Å². The Morgan fingerprint density at radius 2 is 1.94 bits per heavy atom. The summed E-state index contributed by atoms with van der Waals surface area (Å²) in [6.07, 6.45) is 0.859. The van der Waals surface area contributed by atoms with Gasteiger partial charge in [-0.1, -0.05) is 19.9 Å². The van der Waals surface area contributed by atoms with Crippen molar-refractivity contribution in [3.63, 3.8) is 0 Å². The van der Waals surface area contributed by atoms with Crippen molar-refractivity contribution in [1.82, 2.24) is 0 Å². The lowest BCUT2D eigenvalue weighted by Gasteiger charge is -2.25. The summed E-state index contributed by atoms with van der Waals surface area (Å²) in [4.78, 5) is 10.9. The van der Waals surface area contributed by atoms with Gasteiger partial charge in [0.2, 0.25) is 0 Å². The molecule has 1 aromatic carbocycles. The topological polar surface area (TPSA) is 46.5 Å². The first-order chi connectivity index (χ1) is 8.25. The largest absolute Gasteiger partial charge is 0.496 e. The number of hydrogen-bond donors (Lipinski definition) is 1. The number of benzene rings is 1. The summed E-state index contributed by atoms with van der Waals surface area (Å²) < 4.78 is 5.41. The lowest BCUT2D eigenvalue weighted by molar-refractivity contribution is -0.139. The molecule has 0 unspecified atom stereocenters. The van der Waals surface area contributed by atoms with Crippen molar-refractivity contribution in [2.45, 2.75) is 40.5 Å². The summed E-state index contributed by atoms with van der Waals surface area (Å²) in [6.45, 7) is 8.02. The highest BCUT2D eigenvalue weighted by Gasteiger charge is 2.24. The van der Waals surface area contributed by atoms with Crippen LogP contribution in [0.5, 0.6) is 5.75 Å². The minimum absolute atomic E-state index is 0.156. The maximum atomic E-state index is 10.9. The molecule has 0 aromatic heterocycles. The van der Waals surface area contributed by atoms with Gasteiger partial charge >= 0.3 is 5.97 Å². The van der Waals surface area contributed by atoms with Crippen molar-refractivity contribution < 1.29 is 14.6 Å². The van der Waals surface area contributed by atoms with Crippen LogP contribution in [0.15, 0.2) is 12.1 Å². The van der Waals surface area contributed by atoms with E-state index in [1.54, 1.807) is 7.11 Å². The van der Waals surface area contributed by atoms with E-state index in [1.807, 2.05) is 33.8 Å². The van der Waals surface area contributed by atoms with Gasteiger partial charge in [0.15, 0.2) is 0 Å². The minimum atomic E-state index is -0.760. The molecule has 0 saturated carbocycles. The van der Waals surface area contributed by atoms with Crippen LogP contribution in [0, 0.1) is 19.3 Å². The zero-order valence-corrected chi connectivity index (χ0v) is 11.8. The third-order valence-electron chi connectivity index (χ3n) is 3.08. The number of methoxy groups -OCH3 is 1. The number of rotatable bonds is 5. The van der Waals surface area contributed by atoms with E-state index in [2.05, 4.69) is 6.07 Å². The Labute approximate surface area is 109 Å². The normalized spacial score (nSPS) is 11.4. The number of hydrogen-bond acceptors (Lipinski definition) is 2. The van der Waals surface area contributed by atoms with Gasteiger partial charge in [-0.15, -0.1) is 0 Å². The first kappa shape index (κ1) is 14.6. The molecule has 100 valence electrons. The molecule has 0 fully saturated rings. The number of ether oxygens (including phenoxy) is 1. The summed E-state index contributed by atoms with van der Waals surface area (Å²) in [5.41, 5.74) is 3.14. The van der Waals surface area contributed by atoms with Crippen LogP contribution < -0.4 is 4.74 Å². The van der Waals surface area contributed by atoms with Crippen LogP contribution in [0.25, 0.3) is 0 Å².